The molecule has 8 heteroatoms. The lowest BCUT2D eigenvalue weighted by atomic mass is 10.0. The normalized spacial score (nSPS) is 13.0. The largest absolute Gasteiger partial charge is 0.508 e. The van der Waals surface area contributed by atoms with Crippen LogP contribution in [0.25, 0.3) is 0 Å². The summed E-state index contributed by atoms with van der Waals surface area (Å²) in [5, 5.41) is 12.5. The molecule has 142 valence electrons. The second kappa shape index (κ2) is 7.16. The molecule has 1 aliphatic heterocycles. The van der Waals surface area contributed by atoms with Gasteiger partial charge in [-0.2, -0.15) is 4.98 Å². The Morgan fingerprint density at radius 3 is 2.79 bits per heavy atom. The van der Waals surface area contributed by atoms with Crippen molar-refractivity contribution in [2.45, 2.75) is 18.9 Å². The molecule has 0 bridgehead atoms. The number of phenolic OH excluding ortho intramolecular Hbond substituents is 1. The Hall–Kier alpha value is -3.65. The molecule has 1 aliphatic rings. The first-order chi connectivity index (χ1) is 13.5. The molecule has 28 heavy (non-hydrogen) atoms. The summed E-state index contributed by atoms with van der Waals surface area (Å²) in [6.07, 6.45) is 1.79. The van der Waals surface area contributed by atoms with Crippen molar-refractivity contribution in [1.82, 2.24) is 9.71 Å². The summed E-state index contributed by atoms with van der Waals surface area (Å²) in [5.74, 6) is -0.164. The number of carbonyl (C=O) groups excluding carboxylic acids is 1. The van der Waals surface area contributed by atoms with Gasteiger partial charge in [0.15, 0.2) is 5.82 Å². The summed E-state index contributed by atoms with van der Waals surface area (Å²) in [6.45, 7) is 0. The van der Waals surface area contributed by atoms with Crippen LogP contribution in [0.1, 0.15) is 16.7 Å². The number of benzene rings is 2. The summed E-state index contributed by atoms with van der Waals surface area (Å²) in [7, 11) is 0. The van der Waals surface area contributed by atoms with Crippen molar-refractivity contribution in [3.05, 3.63) is 81.9 Å². The molecule has 0 amide bonds. The molecule has 0 fully saturated rings. The van der Waals surface area contributed by atoms with Gasteiger partial charge in [0.05, 0.1) is 5.56 Å². The molecule has 0 unspecified atom stereocenters. The number of hydrogen-bond acceptors (Lipinski definition) is 7. The van der Waals surface area contributed by atoms with Crippen molar-refractivity contribution in [3.8, 4) is 5.75 Å². The van der Waals surface area contributed by atoms with Crippen LogP contribution in [0.2, 0.25) is 0 Å². The summed E-state index contributed by atoms with van der Waals surface area (Å²) in [6, 6.07) is 13.1. The summed E-state index contributed by atoms with van der Waals surface area (Å²) < 4.78 is 1.14. The summed E-state index contributed by atoms with van der Waals surface area (Å²) >= 11 is 0. The number of hydrogen-bond donors (Lipinski definition) is 3. The highest BCUT2D eigenvalue weighted by Crippen LogP contribution is 2.29. The second-order valence-electron chi connectivity index (χ2n) is 6.55. The fourth-order valence-corrected chi connectivity index (χ4v) is 3.08. The molecule has 4 N–H and O–H groups in total. The molecule has 2 aromatic carbocycles. The van der Waals surface area contributed by atoms with Crippen LogP contribution in [0.15, 0.2) is 59.7 Å². The number of rotatable bonds is 4. The minimum Gasteiger partial charge on any atom is -0.508 e. The van der Waals surface area contributed by atoms with Gasteiger partial charge in [0, 0.05) is 12.1 Å². The van der Waals surface area contributed by atoms with Gasteiger partial charge < -0.3 is 21.0 Å². The number of nitrogens with zero attached hydrogens (tertiary/aromatic N) is 2. The van der Waals surface area contributed by atoms with E-state index in [1.807, 2.05) is 24.3 Å². The minimum atomic E-state index is -0.921. The van der Waals surface area contributed by atoms with Gasteiger partial charge in [-0.15, -0.1) is 4.73 Å². The minimum absolute atomic E-state index is 0.136. The van der Waals surface area contributed by atoms with E-state index >= 15 is 0 Å². The topological polar surface area (TPSA) is 119 Å². The number of nitrogens with one attached hydrogen (secondary N) is 1. The van der Waals surface area contributed by atoms with E-state index in [0.29, 0.717) is 17.8 Å². The Kier molecular flexibility index (Phi) is 4.54. The Labute approximate surface area is 160 Å². The van der Waals surface area contributed by atoms with E-state index in [9.17, 15) is 14.7 Å². The predicted octanol–water partition coefficient (Wildman–Crippen LogP) is 1.12. The summed E-state index contributed by atoms with van der Waals surface area (Å²) in [4.78, 5) is 33.8. The average molecular weight is 378 g/mol. The number of nitrogens with two attached hydrogens (primary N) is 1. The quantitative estimate of drug-likeness (QED) is 0.487. The van der Waals surface area contributed by atoms with Gasteiger partial charge in [-0.25, -0.2) is 4.79 Å². The van der Waals surface area contributed by atoms with Crippen molar-refractivity contribution in [2.75, 3.05) is 5.32 Å². The molecule has 0 spiro atoms. The molecule has 0 radical (unpaired) electrons. The van der Waals surface area contributed by atoms with E-state index in [1.165, 1.54) is 12.1 Å². The van der Waals surface area contributed by atoms with Gasteiger partial charge in [-0.1, -0.05) is 30.3 Å². The van der Waals surface area contributed by atoms with E-state index in [4.69, 9.17) is 10.6 Å². The molecule has 3 aromatic rings. The standard InChI is InChI=1S/C20H18N4O4/c21-16(9-12-5-7-14(25)8-6-12)20(27)28-24-11-22-19(26)15-10-13-3-1-2-4-17(13)23-18(15)24/h1-8,11,16,23,25H,9-10,21H2/t16-/m0/s1. The molecular weight excluding hydrogens is 360 g/mol. The van der Waals surface area contributed by atoms with Crippen LogP contribution >= 0.6 is 0 Å². The van der Waals surface area contributed by atoms with E-state index in [2.05, 4.69) is 10.3 Å². The Morgan fingerprint density at radius 1 is 1.25 bits per heavy atom. The van der Waals surface area contributed by atoms with Crippen LogP contribution in [-0.2, 0) is 17.6 Å². The lowest BCUT2D eigenvalue weighted by Gasteiger charge is -2.23. The van der Waals surface area contributed by atoms with E-state index in [0.717, 1.165) is 27.9 Å². The molecule has 0 saturated carbocycles. The first-order valence-corrected chi connectivity index (χ1v) is 8.72. The first-order valence-electron chi connectivity index (χ1n) is 8.72. The Balaban J connectivity index is 1.55. The zero-order chi connectivity index (χ0) is 19.7. The van der Waals surface area contributed by atoms with Crippen LogP contribution in [0, 0.1) is 0 Å². The maximum atomic E-state index is 12.4. The number of aromatic nitrogens is 2. The SMILES string of the molecule is N[C@@H](Cc1ccc(O)cc1)C(=O)On1cnc(=O)c2c1Nc1ccccc1C2. The van der Waals surface area contributed by atoms with Crippen molar-refractivity contribution < 1.29 is 14.7 Å². The maximum Gasteiger partial charge on any atom is 0.349 e. The number of carbonyl (C=O) groups is 1. The lowest BCUT2D eigenvalue weighted by molar-refractivity contribution is -0.145. The van der Waals surface area contributed by atoms with Crippen molar-refractivity contribution in [3.63, 3.8) is 0 Å². The second-order valence-corrected chi connectivity index (χ2v) is 6.55. The molecule has 8 nitrogen and oxygen atoms in total. The van der Waals surface area contributed by atoms with Gasteiger partial charge in [-0.05, 0) is 35.7 Å². The van der Waals surface area contributed by atoms with Crippen LogP contribution in [-0.4, -0.2) is 26.8 Å². The Bertz CT molecular complexity index is 1090. The number of phenols is 1. The summed E-state index contributed by atoms with van der Waals surface area (Å²) in [5.41, 5.74) is 8.58. The fourth-order valence-electron chi connectivity index (χ4n) is 3.08. The maximum absolute atomic E-state index is 12.4. The lowest BCUT2D eigenvalue weighted by Crippen LogP contribution is -2.40. The highest BCUT2D eigenvalue weighted by molar-refractivity contribution is 5.77. The van der Waals surface area contributed by atoms with Gasteiger partial charge in [0.25, 0.3) is 5.56 Å². The number of para-hydroxylation sites is 1. The van der Waals surface area contributed by atoms with E-state index in [-0.39, 0.29) is 17.7 Å². The van der Waals surface area contributed by atoms with Crippen molar-refractivity contribution >= 4 is 17.5 Å². The molecule has 2 heterocycles. The number of aromatic hydroxyl groups is 1. The van der Waals surface area contributed by atoms with Crippen molar-refractivity contribution in [2.24, 2.45) is 5.73 Å². The van der Waals surface area contributed by atoms with E-state index < -0.39 is 12.0 Å². The van der Waals surface area contributed by atoms with Gasteiger partial charge in [-0.3, -0.25) is 4.79 Å². The third-order valence-electron chi connectivity index (χ3n) is 4.56. The highest BCUT2D eigenvalue weighted by atomic mass is 16.7. The molecule has 0 aliphatic carbocycles. The third-order valence-corrected chi connectivity index (χ3v) is 4.56. The molecular formula is C20H18N4O4. The predicted molar refractivity (Wildman–Crippen MR) is 102 cm³/mol. The Morgan fingerprint density at radius 2 is 2.00 bits per heavy atom. The van der Waals surface area contributed by atoms with Crippen LogP contribution in [0.4, 0.5) is 11.5 Å². The van der Waals surface area contributed by atoms with Gasteiger partial charge in [0.1, 0.15) is 18.1 Å². The first kappa shape index (κ1) is 17.7. The monoisotopic (exact) mass is 378 g/mol. The molecule has 1 atom stereocenters. The van der Waals surface area contributed by atoms with Crippen LogP contribution < -0.4 is 21.4 Å². The van der Waals surface area contributed by atoms with Crippen molar-refractivity contribution in [1.29, 1.82) is 0 Å². The zero-order valence-electron chi connectivity index (χ0n) is 14.8. The van der Waals surface area contributed by atoms with Gasteiger partial charge >= 0.3 is 5.97 Å². The highest BCUT2D eigenvalue weighted by Gasteiger charge is 2.24. The smallest absolute Gasteiger partial charge is 0.349 e. The fraction of sp³-hybridized carbons (Fsp3) is 0.150. The number of fused-ring (bicyclic) bond motifs is 2. The zero-order valence-corrected chi connectivity index (χ0v) is 14.8. The molecule has 1 aromatic heterocycles. The van der Waals surface area contributed by atoms with Crippen LogP contribution in [0.3, 0.4) is 0 Å². The molecule has 4 rings (SSSR count). The average Bonchev–Trinajstić information content (AvgIpc) is 2.70. The van der Waals surface area contributed by atoms with Crippen LogP contribution in [0.5, 0.6) is 5.75 Å². The van der Waals surface area contributed by atoms with Gasteiger partial charge in [0.2, 0.25) is 0 Å². The number of anilines is 2. The molecule has 0 saturated heterocycles. The third kappa shape index (κ3) is 3.45. The van der Waals surface area contributed by atoms with E-state index in [1.54, 1.807) is 12.1 Å².